The molecule has 0 heterocycles. The highest BCUT2D eigenvalue weighted by Gasteiger charge is 2.65. The minimum Gasteiger partial charge on any atom is -0.218 e. The molecule has 0 aliphatic heterocycles. The fourth-order valence-corrected chi connectivity index (χ4v) is 5.60. The minimum atomic E-state index is -7.65. The number of benzene rings is 1. The quantitative estimate of drug-likeness (QED) is 0.579. The van der Waals surface area contributed by atoms with Crippen LogP contribution in [-0.2, 0) is 32.0 Å². The average Bonchev–Trinajstić information content (AvgIpc) is 2.41. The van der Waals surface area contributed by atoms with Gasteiger partial charge in [0.2, 0.25) is 4.58 Å². The van der Waals surface area contributed by atoms with E-state index in [2.05, 4.69) is 0 Å². The van der Waals surface area contributed by atoms with Crippen molar-refractivity contribution >= 4 is 19.7 Å². The monoisotopic (exact) mass is 492 g/mol. The lowest BCUT2D eigenvalue weighted by molar-refractivity contribution is -0.162. The molecule has 0 aliphatic rings. The Bertz CT molecular complexity index is 937. The summed E-state index contributed by atoms with van der Waals surface area (Å²) in [7, 11) is -15.3. The molecule has 0 unspecified atom stereocenters. The SMILES string of the molecule is O=S(=O)(C(c1cccc(C(F)(F)F)c1C(F)(F)F)S(=O)(=O)C(F)(F)F)C(F)(F)F. The molecule has 0 atom stereocenters. The van der Waals surface area contributed by atoms with Crippen molar-refractivity contribution in [2.45, 2.75) is 28.0 Å². The summed E-state index contributed by atoms with van der Waals surface area (Å²) in [5.41, 5.74) is -22.8. The van der Waals surface area contributed by atoms with Gasteiger partial charge >= 0.3 is 23.4 Å². The molecule has 29 heavy (non-hydrogen) atoms. The third-order valence-electron chi connectivity index (χ3n) is 3.15. The molecule has 0 spiro atoms. The lowest BCUT2D eigenvalue weighted by atomic mass is 10.0. The van der Waals surface area contributed by atoms with E-state index in [-0.39, 0.29) is 6.07 Å². The normalized spacial score (nSPS) is 15.1. The Morgan fingerprint density at radius 1 is 0.621 bits per heavy atom. The van der Waals surface area contributed by atoms with Gasteiger partial charge in [-0.1, -0.05) is 12.1 Å². The smallest absolute Gasteiger partial charge is 0.218 e. The van der Waals surface area contributed by atoms with Crippen LogP contribution in [0.25, 0.3) is 0 Å². The van der Waals surface area contributed by atoms with E-state index in [1.54, 1.807) is 0 Å². The van der Waals surface area contributed by atoms with Crippen LogP contribution in [0.1, 0.15) is 21.3 Å². The van der Waals surface area contributed by atoms with E-state index >= 15 is 0 Å². The van der Waals surface area contributed by atoms with Gasteiger partial charge in [-0.05, 0) is 11.6 Å². The predicted octanol–water partition coefficient (Wildman–Crippen LogP) is 4.59. The van der Waals surface area contributed by atoms with Crippen molar-refractivity contribution in [3.63, 3.8) is 0 Å². The van der Waals surface area contributed by atoms with Crippen LogP contribution in [-0.4, -0.2) is 27.9 Å². The Kier molecular flexibility index (Phi) is 6.04. The maximum Gasteiger partial charge on any atom is 0.499 e. The average molecular weight is 492 g/mol. The van der Waals surface area contributed by atoms with Gasteiger partial charge in [0.25, 0.3) is 19.7 Å². The van der Waals surface area contributed by atoms with Crippen LogP contribution in [0.15, 0.2) is 18.2 Å². The zero-order chi connectivity index (χ0) is 23.4. The van der Waals surface area contributed by atoms with E-state index in [0.29, 0.717) is 0 Å². The second kappa shape index (κ2) is 6.92. The van der Waals surface area contributed by atoms with Crippen LogP contribution in [0.4, 0.5) is 52.7 Å². The predicted molar refractivity (Wildman–Crippen MR) is 69.1 cm³/mol. The molecule has 0 saturated carbocycles. The Hall–Kier alpha value is -1.72. The summed E-state index contributed by atoms with van der Waals surface area (Å²) in [6.07, 6.45) is -12.4. The first-order valence-corrected chi connectivity index (χ1v) is 9.44. The summed E-state index contributed by atoms with van der Waals surface area (Å²) < 4.78 is 195. The van der Waals surface area contributed by atoms with Gasteiger partial charge in [-0.2, -0.15) is 52.7 Å². The van der Waals surface area contributed by atoms with Gasteiger partial charge in [-0.3, -0.25) is 0 Å². The number of hydrogen-bond acceptors (Lipinski definition) is 4. The highest BCUT2D eigenvalue weighted by molar-refractivity contribution is 8.09. The topological polar surface area (TPSA) is 68.3 Å². The van der Waals surface area contributed by atoms with Crippen LogP contribution >= 0.6 is 0 Å². The van der Waals surface area contributed by atoms with Crippen molar-refractivity contribution in [2.24, 2.45) is 0 Å². The van der Waals surface area contributed by atoms with Crippen LogP contribution in [0, 0.1) is 0 Å². The highest BCUT2D eigenvalue weighted by atomic mass is 32.3. The number of rotatable bonds is 3. The van der Waals surface area contributed by atoms with Gasteiger partial charge in [0.05, 0.1) is 11.1 Å². The minimum absolute atomic E-state index is 0.168. The molecule has 0 aliphatic carbocycles. The van der Waals surface area contributed by atoms with Gasteiger partial charge in [-0.15, -0.1) is 0 Å². The molecule has 18 heteroatoms. The maximum atomic E-state index is 13.1. The van der Waals surface area contributed by atoms with E-state index in [9.17, 15) is 69.5 Å². The van der Waals surface area contributed by atoms with Crippen molar-refractivity contribution < 1.29 is 69.5 Å². The molecular formula is C11H4F12O4S2. The summed E-state index contributed by atoms with van der Waals surface area (Å²) in [6, 6.07) is -1.13. The second-order valence-corrected chi connectivity index (χ2v) is 9.43. The van der Waals surface area contributed by atoms with Crippen LogP contribution in [0.3, 0.4) is 0 Å². The zero-order valence-corrected chi connectivity index (χ0v) is 14.4. The van der Waals surface area contributed by atoms with Crippen LogP contribution in [0.2, 0.25) is 0 Å². The highest BCUT2D eigenvalue weighted by Crippen LogP contribution is 2.50. The van der Waals surface area contributed by atoms with Crippen molar-refractivity contribution in [1.29, 1.82) is 0 Å². The number of sulfone groups is 2. The van der Waals surface area contributed by atoms with E-state index in [0.717, 1.165) is 0 Å². The van der Waals surface area contributed by atoms with Crippen molar-refractivity contribution in [3.05, 3.63) is 34.9 Å². The molecule has 168 valence electrons. The van der Waals surface area contributed by atoms with Crippen molar-refractivity contribution in [3.8, 4) is 0 Å². The summed E-state index contributed by atoms with van der Waals surface area (Å²) in [4.78, 5) is 0. The molecule has 0 fully saturated rings. The molecule has 0 N–H and O–H groups in total. The fraction of sp³-hybridized carbons (Fsp3) is 0.455. The molecule has 0 radical (unpaired) electrons. The third-order valence-corrected chi connectivity index (χ3v) is 7.59. The van der Waals surface area contributed by atoms with E-state index in [1.807, 2.05) is 0 Å². The number of halogens is 12. The van der Waals surface area contributed by atoms with Gasteiger partial charge < -0.3 is 0 Å². The largest absolute Gasteiger partial charge is 0.499 e. The Balaban J connectivity index is 4.27. The van der Waals surface area contributed by atoms with E-state index < -0.39 is 76.4 Å². The maximum absolute atomic E-state index is 13.1. The molecule has 0 amide bonds. The van der Waals surface area contributed by atoms with Crippen molar-refractivity contribution in [2.75, 3.05) is 0 Å². The summed E-state index contributed by atoms with van der Waals surface area (Å²) >= 11 is 0. The molecule has 1 aromatic carbocycles. The first-order chi connectivity index (χ1) is 12.5. The zero-order valence-electron chi connectivity index (χ0n) is 12.8. The lowest BCUT2D eigenvalue weighted by Crippen LogP contribution is -2.40. The van der Waals surface area contributed by atoms with Gasteiger partial charge in [0.15, 0.2) is 0 Å². The fourth-order valence-electron chi connectivity index (χ4n) is 2.06. The lowest BCUT2D eigenvalue weighted by Gasteiger charge is -2.25. The summed E-state index contributed by atoms with van der Waals surface area (Å²) in [6.45, 7) is 0. The standard InChI is InChI=1S/C11H4F12O4S2/c12-8(13,14)5-3-1-2-4(6(5)9(15,16)17)7(28(24,25)10(18,19)20)29(26,27)11(21,22)23/h1-3,7H. The first kappa shape index (κ1) is 25.3. The summed E-state index contributed by atoms with van der Waals surface area (Å²) in [5, 5.41) is 0. The van der Waals surface area contributed by atoms with Crippen LogP contribution in [0.5, 0.6) is 0 Å². The molecule has 4 nitrogen and oxygen atoms in total. The molecule has 1 rings (SSSR count). The summed E-state index contributed by atoms with van der Waals surface area (Å²) in [5.74, 6) is 0. The Labute approximate surface area is 152 Å². The number of alkyl halides is 12. The van der Waals surface area contributed by atoms with Crippen molar-refractivity contribution in [1.82, 2.24) is 0 Å². The Morgan fingerprint density at radius 3 is 1.28 bits per heavy atom. The van der Waals surface area contributed by atoms with Gasteiger partial charge in [0.1, 0.15) is 0 Å². The number of hydrogen-bond donors (Lipinski definition) is 0. The first-order valence-electron chi connectivity index (χ1n) is 6.35. The molecule has 1 aromatic rings. The molecule has 0 bridgehead atoms. The van der Waals surface area contributed by atoms with Gasteiger partial charge in [-0.25, -0.2) is 16.8 Å². The molecule has 0 aromatic heterocycles. The van der Waals surface area contributed by atoms with Gasteiger partial charge in [0, 0.05) is 0 Å². The van der Waals surface area contributed by atoms with E-state index in [4.69, 9.17) is 0 Å². The second-order valence-electron chi connectivity index (χ2n) is 5.08. The molecular weight excluding hydrogens is 488 g/mol. The third kappa shape index (κ3) is 4.56. The molecule has 0 saturated heterocycles. The van der Waals surface area contributed by atoms with E-state index in [1.165, 1.54) is 0 Å². The van der Waals surface area contributed by atoms with Crippen LogP contribution < -0.4 is 0 Å². The Morgan fingerprint density at radius 2 is 1.00 bits per heavy atom.